The van der Waals surface area contributed by atoms with Crippen molar-refractivity contribution in [2.45, 2.75) is 62.1 Å². The first-order valence-electron chi connectivity index (χ1n) is 11.0. The summed E-state index contributed by atoms with van der Waals surface area (Å²) >= 11 is 0. The molecule has 2 aliphatic heterocycles. The number of amides is 1. The Kier molecular flexibility index (Phi) is 10.0. The quantitative estimate of drug-likeness (QED) is 0.113. The smallest absolute Gasteiger partial charge is 0.394 e. The van der Waals surface area contributed by atoms with E-state index < -0.39 is 101 Å². The van der Waals surface area contributed by atoms with E-state index in [2.05, 4.69) is 18.7 Å². The maximum atomic E-state index is 12.4. The fraction of sp³-hybridized carbons (Fsp3) is 0.706. The summed E-state index contributed by atoms with van der Waals surface area (Å²) in [6.45, 7) is -0.940. The average molecular weight is 607 g/mol. The van der Waals surface area contributed by atoms with Crippen molar-refractivity contribution in [2.24, 2.45) is 0 Å². The Labute approximate surface area is 217 Å². The number of hydrogen-bond acceptors (Lipinski definition) is 15. The molecule has 2 saturated heterocycles. The summed E-state index contributed by atoms with van der Waals surface area (Å²) in [7, 11) is -11.1. The number of carbonyl (C=O) groups is 1. The zero-order valence-corrected chi connectivity index (χ0v) is 21.6. The topological polar surface area (TPSA) is 306 Å². The summed E-state index contributed by atoms with van der Waals surface area (Å²) in [6.07, 6.45) is -13.0. The van der Waals surface area contributed by atoms with E-state index in [1.165, 1.54) is 0 Å². The van der Waals surface area contributed by atoms with E-state index in [-0.39, 0.29) is 0 Å². The Balaban J connectivity index is 1.66. The molecule has 0 aliphatic carbocycles. The Morgan fingerprint density at radius 1 is 1.05 bits per heavy atom. The molecule has 1 aromatic rings. The van der Waals surface area contributed by atoms with Gasteiger partial charge in [-0.1, -0.05) is 0 Å². The maximum absolute atomic E-state index is 12.4. The first-order valence-corrected chi connectivity index (χ1v) is 14.0. The lowest BCUT2D eigenvalue weighted by molar-refractivity contribution is -0.247. The van der Waals surface area contributed by atoms with Gasteiger partial charge in [-0.3, -0.25) is 28.2 Å². The summed E-state index contributed by atoms with van der Waals surface area (Å²) in [4.78, 5) is 56.4. The minimum atomic E-state index is -5.63. The third-order valence-electron chi connectivity index (χ3n) is 5.56. The van der Waals surface area contributed by atoms with Crippen molar-refractivity contribution in [2.75, 3.05) is 13.2 Å². The molecule has 5 unspecified atom stereocenters. The molecule has 20 nitrogen and oxygen atoms in total. The van der Waals surface area contributed by atoms with Gasteiger partial charge in [0.2, 0.25) is 5.91 Å². The van der Waals surface area contributed by atoms with Crippen LogP contribution in [-0.4, -0.2) is 113 Å². The number of ether oxygens (including phenoxy) is 2. The number of aliphatic hydroxyl groups excluding tert-OH is 5. The van der Waals surface area contributed by atoms with Crippen molar-refractivity contribution in [3.05, 3.63) is 33.1 Å². The molecule has 3 heterocycles. The molecule has 1 aromatic heterocycles. The lowest BCUT2D eigenvalue weighted by Gasteiger charge is -2.42. The van der Waals surface area contributed by atoms with Crippen LogP contribution in [0.25, 0.3) is 0 Å². The van der Waals surface area contributed by atoms with Gasteiger partial charge in [-0.05, 0) is 0 Å². The lowest BCUT2D eigenvalue weighted by atomic mass is 9.97. The van der Waals surface area contributed by atoms with Crippen LogP contribution in [-0.2, 0) is 36.8 Å². The molecule has 2 fully saturated rings. The standard InChI is InChI=1S/C17H27N3O17P2/c1-6(22)18-10-13(26)11(24)7(4-21)35-16(10)36-39(31,32)37-38(29,30)33-5-8-12(25)14(27)15(34-8)20-3-2-9(23)19-17(20)28/h2-3,7-8,10-16,21,24-27H,4-5H2,1H3,(H,18,22)(H,29,30)(H,31,32)(H,19,23,28)/t7?,8-,10?,11-,12?,13-,14+,15-,16-/m1/s1. The normalized spacial score (nSPS) is 36.2. The van der Waals surface area contributed by atoms with Crippen LogP contribution < -0.4 is 16.6 Å². The van der Waals surface area contributed by atoms with E-state index in [0.717, 1.165) is 23.8 Å². The molecule has 2 aliphatic rings. The van der Waals surface area contributed by atoms with Crippen LogP contribution >= 0.6 is 15.6 Å². The molecule has 0 radical (unpaired) electrons. The molecule has 39 heavy (non-hydrogen) atoms. The summed E-state index contributed by atoms with van der Waals surface area (Å²) in [5.74, 6) is -0.796. The van der Waals surface area contributed by atoms with Crippen LogP contribution in [0.1, 0.15) is 13.2 Å². The Bertz CT molecular complexity index is 1240. The third kappa shape index (κ3) is 7.66. The number of hydrogen-bond donors (Lipinski definition) is 9. The van der Waals surface area contributed by atoms with Gasteiger partial charge in [-0.15, -0.1) is 0 Å². The van der Waals surface area contributed by atoms with Crippen LogP contribution in [0.5, 0.6) is 0 Å². The predicted molar refractivity (Wildman–Crippen MR) is 120 cm³/mol. The molecule has 1 amide bonds. The van der Waals surface area contributed by atoms with Gasteiger partial charge in [0.15, 0.2) is 12.5 Å². The van der Waals surface area contributed by atoms with Crippen molar-refractivity contribution in [3.63, 3.8) is 0 Å². The van der Waals surface area contributed by atoms with Crippen molar-refractivity contribution >= 4 is 21.6 Å². The van der Waals surface area contributed by atoms with Gasteiger partial charge in [0.1, 0.15) is 42.7 Å². The highest BCUT2D eigenvalue weighted by molar-refractivity contribution is 7.61. The predicted octanol–water partition coefficient (Wildman–Crippen LogP) is -4.65. The van der Waals surface area contributed by atoms with E-state index in [4.69, 9.17) is 9.47 Å². The number of phosphoric acid groups is 2. The monoisotopic (exact) mass is 607 g/mol. The second-order valence-electron chi connectivity index (χ2n) is 8.42. The molecule has 11 atom stereocenters. The van der Waals surface area contributed by atoms with E-state index in [0.29, 0.717) is 0 Å². The number of phosphoric ester groups is 2. The highest BCUT2D eigenvalue weighted by Crippen LogP contribution is 2.61. The van der Waals surface area contributed by atoms with Crippen molar-refractivity contribution < 1.29 is 72.1 Å². The molecule has 9 N–H and O–H groups in total. The third-order valence-corrected chi connectivity index (χ3v) is 8.16. The molecule has 222 valence electrons. The van der Waals surface area contributed by atoms with E-state index in [1.54, 1.807) is 0 Å². The van der Waals surface area contributed by atoms with Crippen molar-refractivity contribution in [1.29, 1.82) is 0 Å². The average Bonchev–Trinajstić information content (AvgIpc) is 3.10. The van der Waals surface area contributed by atoms with Gasteiger partial charge in [0.05, 0.1) is 13.2 Å². The van der Waals surface area contributed by atoms with Gasteiger partial charge < -0.3 is 50.1 Å². The minimum absolute atomic E-state index is 0.723. The highest BCUT2D eigenvalue weighted by Gasteiger charge is 2.50. The second kappa shape index (κ2) is 12.3. The second-order valence-corrected chi connectivity index (χ2v) is 11.4. The highest BCUT2D eigenvalue weighted by atomic mass is 31.3. The Morgan fingerprint density at radius 2 is 1.69 bits per heavy atom. The number of nitrogens with one attached hydrogen (secondary N) is 2. The number of aromatic amines is 1. The fourth-order valence-electron chi connectivity index (χ4n) is 3.76. The SMILES string of the molecule is CC(=O)NC1[C@@H](OP(=O)(O)OP(=O)(O)OC[C@H]2O[C@@H](n3ccc(=O)[nH]c3=O)[C@@H](O)C2O)OC(CO)[C@@H](O)[C@@H]1O. The molecule has 3 rings (SSSR count). The Morgan fingerprint density at radius 3 is 2.28 bits per heavy atom. The van der Waals surface area contributed by atoms with E-state index >= 15 is 0 Å². The number of aromatic nitrogens is 2. The lowest BCUT2D eigenvalue weighted by Crippen LogP contribution is -2.64. The number of carbonyl (C=O) groups excluding carboxylic acids is 1. The van der Waals surface area contributed by atoms with Gasteiger partial charge in [0.25, 0.3) is 5.56 Å². The summed E-state index contributed by atoms with van der Waals surface area (Å²) in [5, 5.41) is 51.9. The summed E-state index contributed by atoms with van der Waals surface area (Å²) in [5.41, 5.74) is -1.75. The molecule has 0 saturated carbocycles. The summed E-state index contributed by atoms with van der Waals surface area (Å²) in [6, 6.07) is -0.766. The van der Waals surface area contributed by atoms with E-state index in [9.17, 15) is 58.8 Å². The van der Waals surface area contributed by atoms with Gasteiger partial charge in [0, 0.05) is 19.2 Å². The minimum Gasteiger partial charge on any atom is -0.394 e. The van der Waals surface area contributed by atoms with Crippen LogP contribution in [0, 0.1) is 0 Å². The summed E-state index contributed by atoms with van der Waals surface area (Å²) < 4.78 is 49.2. The first-order chi connectivity index (χ1) is 18.0. The number of rotatable bonds is 10. The fourth-order valence-corrected chi connectivity index (χ4v) is 5.92. The van der Waals surface area contributed by atoms with Gasteiger partial charge in [-0.25, -0.2) is 13.9 Å². The maximum Gasteiger partial charge on any atom is 0.483 e. The molecule has 0 aromatic carbocycles. The largest absolute Gasteiger partial charge is 0.483 e. The molecule has 0 spiro atoms. The van der Waals surface area contributed by atoms with Crippen LogP contribution in [0.2, 0.25) is 0 Å². The van der Waals surface area contributed by atoms with Crippen LogP contribution in [0.3, 0.4) is 0 Å². The van der Waals surface area contributed by atoms with Gasteiger partial charge >= 0.3 is 21.3 Å². The number of H-pyrrole nitrogens is 1. The first kappa shape index (κ1) is 31.7. The Hall–Kier alpha value is -1.87. The number of aliphatic hydroxyl groups is 5. The zero-order chi connectivity index (χ0) is 29.3. The number of nitrogens with zero attached hydrogens (tertiary/aromatic N) is 1. The molecule has 22 heteroatoms. The molecular weight excluding hydrogens is 580 g/mol. The zero-order valence-electron chi connectivity index (χ0n) is 19.8. The van der Waals surface area contributed by atoms with Crippen molar-refractivity contribution in [1.82, 2.24) is 14.9 Å². The molecular formula is C17H27N3O17P2. The van der Waals surface area contributed by atoms with E-state index in [1.807, 2.05) is 4.98 Å². The van der Waals surface area contributed by atoms with Crippen LogP contribution in [0.15, 0.2) is 21.9 Å². The van der Waals surface area contributed by atoms with Crippen LogP contribution in [0.4, 0.5) is 0 Å². The van der Waals surface area contributed by atoms with Crippen molar-refractivity contribution in [3.8, 4) is 0 Å². The molecule has 0 bridgehead atoms. The van der Waals surface area contributed by atoms with Gasteiger partial charge in [-0.2, -0.15) is 4.31 Å².